The molecule has 0 spiro atoms. The van der Waals surface area contributed by atoms with Gasteiger partial charge in [-0.2, -0.15) is 0 Å². The lowest BCUT2D eigenvalue weighted by Gasteiger charge is -2.14. The summed E-state index contributed by atoms with van der Waals surface area (Å²) in [5, 5.41) is 3.18. The van der Waals surface area contributed by atoms with E-state index in [-0.39, 0.29) is 6.04 Å². The van der Waals surface area contributed by atoms with E-state index in [1.54, 1.807) is 24.8 Å². The second-order valence-corrected chi connectivity index (χ2v) is 4.53. The molecule has 0 aromatic carbocycles. The molecule has 17 heavy (non-hydrogen) atoms. The van der Waals surface area contributed by atoms with Gasteiger partial charge < -0.3 is 5.32 Å². The van der Waals surface area contributed by atoms with Crippen LogP contribution in [0.25, 0.3) is 0 Å². The Hall–Kier alpha value is -1.56. The van der Waals surface area contributed by atoms with Crippen LogP contribution in [0.5, 0.6) is 0 Å². The molecule has 0 aliphatic heterocycles. The van der Waals surface area contributed by atoms with Gasteiger partial charge in [0.15, 0.2) is 0 Å². The van der Waals surface area contributed by atoms with E-state index in [2.05, 4.69) is 41.2 Å². The number of rotatable bonds is 3. The van der Waals surface area contributed by atoms with Crippen molar-refractivity contribution >= 4 is 21.9 Å². The SMILES string of the molecule is Cc1nccnc1[C@@H](C)Nc1ncc(Br)cn1. The summed E-state index contributed by atoms with van der Waals surface area (Å²) < 4.78 is 0.853. The van der Waals surface area contributed by atoms with Crippen LogP contribution in [0.4, 0.5) is 5.95 Å². The van der Waals surface area contributed by atoms with E-state index < -0.39 is 0 Å². The maximum atomic E-state index is 4.30. The van der Waals surface area contributed by atoms with Crippen molar-refractivity contribution in [2.24, 2.45) is 0 Å². The van der Waals surface area contributed by atoms with Crippen molar-refractivity contribution in [3.05, 3.63) is 40.6 Å². The van der Waals surface area contributed by atoms with Gasteiger partial charge in [0.25, 0.3) is 0 Å². The fraction of sp³-hybridized carbons (Fsp3) is 0.273. The molecule has 5 nitrogen and oxygen atoms in total. The molecule has 2 aromatic heterocycles. The Bertz CT molecular complexity index is 499. The number of aryl methyl sites for hydroxylation is 1. The highest BCUT2D eigenvalue weighted by Gasteiger charge is 2.11. The summed E-state index contributed by atoms with van der Waals surface area (Å²) in [6, 6.07) is 0.0184. The molecule has 88 valence electrons. The Morgan fingerprint density at radius 1 is 1.12 bits per heavy atom. The normalized spacial score (nSPS) is 12.2. The van der Waals surface area contributed by atoms with Crippen molar-refractivity contribution in [1.29, 1.82) is 0 Å². The second kappa shape index (κ2) is 5.18. The standard InChI is InChI=1S/C11H12BrN5/c1-7-10(14-4-3-13-7)8(2)17-11-15-5-9(12)6-16-11/h3-6,8H,1-2H3,(H,15,16,17)/t8-/m1/s1. The van der Waals surface area contributed by atoms with Gasteiger partial charge in [0.1, 0.15) is 0 Å². The Morgan fingerprint density at radius 2 is 1.76 bits per heavy atom. The van der Waals surface area contributed by atoms with Crippen molar-refractivity contribution < 1.29 is 0 Å². The van der Waals surface area contributed by atoms with E-state index in [9.17, 15) is 0 Å². The lowest BCUT2D eigenvalue weighted by atomic mass is 10.2. The zero-order chi connectivity index (χ0) is 12.3. The van der Waals surface area contributed by atoms with Gasteiger partial charge in [0.2, 0.25) is 5.95 Å². The quantitative estimate of drug-likeness (QED) is 0.942. The van der Waals surface area contributed by atoms with Gasteiger partial charge in [-0.25, -0.2) is 9.97 Å². The van der Waals surface area contributed by atoms with Gasteiger partial charge in [-0.3, -0.25) is 9.97 Å². The van der Waals surface area contributed by atoms with Gasteiger partial charge in [-0.15, -0.1) is 0 Å². The smallest absolute Gasteiger partial charge is 0.223 e. The molecule has 2 rings (SSSR count). The molecule has 1 N–H and O–H groups in total. The minimum absolute atomic E-state index is 0.0184. The van der Waals surface area contributed by atoms with E-state index in [1.165, 1.54) is 0 Å². The van der Waals surface area contributed by atoms with Crippen LogP contribution in [0.2, 0.25) is 0 Å². The maximum absolute atomic E-state index is 4.30. The predicted octanol–water partition coefficient (Wildman–Crippen LogP) is 2.51. The third-order valence-corrected chi connectivity index (χ3v) is 2.70. The van der Waals surface area contributed by atoms with E-state index in [1.807, 2.05) is 13.8 Å². The fourth-order valence-electron chi connectivity index (χ4n) is 1.49. The van der Waals surface area contributed by atoms with Crippen molar-refractivity contribution in [2.75, 3.05) is 5.32 Å². The van der Waals surface area contributed by atoms with Crippen LogP contribution in [0.3, 0.4) is 0 Å². The minimum atomic E-state index is 0.0184. The van der Waals surface area contributed by atoms with Gasteiger partial charge in [0, 0.05) is 24.8 Å². The lowest BCUT2D eigenvalue weighted by molar-refractivity contribution is 0.796. The molecule has 2 heterocycles. The highest BCUT2D eigenvalue weighted by molar-refractivity contribution is 9.10. The van der Waals surface area contributed by atoms with Crippen molar-refractivity contribution in [3.63, 3.8) is 0 Å². The fourth-order valence-corrected chi connectivity index (χ4v) is 1.70. The molecular formula is C11H12BrN5. The molecule has 0 aliphatic carbocycles. The summed E-state index contributed by atoms with van der Waals surface area (Å²) in [7, 11) is 0. The molecule has 1 atom stereocenters. The van der Waals surface area contributed by atoms with Crippen LogP contribution in [-0.2, 0) is 0 Å². The van der Waals surface area contributed by atoms with Gasteiger partial charge >= 0.3 is 0 Å². The third-order valence-electron chi connectivity index (χ3n) is 2.30. The first kappa shape index (κ1) is 11.9. The number of aromatic nitrogens is 4. The van der Waals surface area contributed by atoms with Gasteiger partial charge in [-0.05, 0) is 29.8 Å². The number of halogens is 1. The molecule has 0 fully saturated rings. The molecular weight excluding hydrogens is 282 g/mol. The maximum Gasteiger partial charge on any atom is 0.223 e. The van der Waals surface area contributed by atoms with E-state index >= 15 is 0 Å². The largest absolute Gasteiger partial charge is 0.346 e. The summed E-state index contributed by atoms with van der Waals surface area (Å²) in [6.07, 6.45) is 6.77. The summed E-state index contributed by atoms with van der Waals surface area (Å²) in [5.74, 6) is 0.575. The first-order chi connectivity index (χ1) is 8.16. The molecule has 6 heteroatoms. The van der Waals surface area contributed by atoms with E-state index in [0.717, 1.165) is 15.9 Å². The topological polar surface area (TPSA) is 63.6 Å². The van der Waals surface area contributed by atoms with Crippen LogP contribution in [0.15, 0.2) is 29.3 Å². The van der Waals surface area contributed by atoms with Crippen LogP contribution in [0.1, 0.15) is 24.4 Å². The molecule has 0 amide bonds. The summed E-state index contributed by atoms with van der Waals surface area (Å²) in [4.78, 5) is 16.8. The second-order valence-electron chi connectivity index (χ2n) is 3.62. The number of anilines is 1. The van der Waals surface area contributed by atoms with Crippen molar-refractivity contribution in [3.8, 4) is 0 Å². The number of hydrogen-bond acceptors (Lipinski definition) is 5. The Labute approximate surface area is 108 Å². The van der Waals surface area contributed by atoms with Crippen molar-refractivity contribution in [2.45, 2.75) is 19.9 Å². The minimum Gasteiger partial charge on any atom is -0.346 e. The van der Waals surface area contributed by atoms with Crippen LogP contribution >= 0.6 is 15.9 Å². The highest BCUT2D eigenvalue weighted by atomic mass is 79.9. The Balaban J connectivity index is 2.14. The van der Waals surface area contributed by atoms with Crippen molar-refractivity contribution in [1.82, 2.24) is 19.9 Å². The number of nitrogens with one attached hydrogen (secondary N) is 1. The molecule has 0 saturated heterocycles. The summed E-state index contributed by atoms with van der Waals surface area (Å²) >= 11 is 3.29. The van der Waals surface area contributed by atoms with E-state index in [4.69, 9.17) is 0 Å². The van der Waals surface area contributed by atoms with Crippen LogP contribution in [0, 0.1) is 6.92 Å². The highest BCUT2D eigenvalue weighted by Crippen LogP contribution is 2.16. The van der Waals surface area contributed by atoms with E-state index in [0.29, 0.717) is 5.95 Å². The molecule has 2 aromatic rings. The first-order valence-corrected chi connectivity index (χ1v) is 5.97. The number of hydrogen-bond donors (Lipinski definition) is 1. The predicted molar refractivity (Wildman–Crippen MR) is 68.5 cm³/mol. The Morgan fingerprint density at radius 3 is 2.41 bits per heavy atom. The molecule has 0 aliphatic rings. The van der Waals surface area contributed by atoms with Gasteiger partial charge in [-0.1, -0.05) is 0 Å². The summed E-state index contributed by atoms with van der Waals surface area (Å²) in [6.45, 7) is 3.94. The zero-order valence-corrected chi connectivity index (χ0v) is 11.1. The third kappa shape index (κ3) is 2.97. The average molecular weight is 294 g/mol. The van der Waals surface area contributed by atoms with Crippen LogP contribution in [-0.4, -0.2) is 19.9 Å². The zero-order valence-electron chi connectivity index (χ0n) is 9.55. The molecule has 0 radical (unpaired) electrons. The van der Waals surface area contributed by atoms with Gasteiger partial charge in [0.05, 0.1) is 21.9 Å². The summed E-state index contributed by atoms with van der Waals surface area (Å²) in [5.41, 5.74) is 1.81. The molecule has 0 unspecified atom stereocenters. The lowest BCUT2D eigenvalue weighted by Crippen LogP contribution is -2.12. The first-order valence-electron chi connectivity index (χ1n) is 5.18. The number of nitrogens with zero attached hydrogens (tertiary/aromatic N) is 4. The Kier molecular flexibility index (Phi) is 3.63. The van der Waals surface area contributed by atoms with Crippen LogP contribution < -0.4 is 5.32 Å². The monoisotopic (exact) mass is 293 g/mol. The average Bonchev–Trinajstić information content (AvgIpc) is 2.32. The molecule has 0 bridgehead atoms. The molecule has 0 saturated carbocycles.